The predicted molar refractivity (Wildman–Crippen MR) is 94.9 cm³/mol. The van der Waals surface area contributed by atoms with Gasteiger partial charge in [0.25, 0.3) is 0 Å². The fourth-order valence-corrected chi connectivity index (χ4v) is 5.11. The van der Waals surface area contributed by atoms with E-state index in [1.807, 2.05) is 6.92 Å². The highest BCUT2D eigenvalue weighted by atomic mass is 35.5. The topological polar surface area (TPSA) is 55.3 Å². The Morgan fingerprint density at radius 3 is 2.83 bits per heavy atom. The van der Waals surface area contributed by atoms with Crippen LogP contribution >= 0.6 is 34.7 Å². The number of thiophene rings is 1. The molecule has 2 aromatic rings. The van der Waals surface area contributed by atoms with Crippen LogP contribution in [0.3, 0.4) is 0 Å². The Balaban J connectivity index is 1.78. The molecule has 3 heterocycles. The molecule has 0 radical (unpaired) electrons. The number of halogens is 1. The zero-order valence-corrected chi connectivity index (χ0v) is 15.5. The van der Waals surface area contributed by atoms with Crippen molar-refractivity contribution >= 4 is 50.9 Å². The van der Waals surface area contributed by atoms with Crippen molar-refractivity contribution < 1.29 is 9.53 Å². The molecule has 0 aromatic carbocycles. The molecule has 0 N–H and O–H groups in total. The first-order valence-electron chi connectivity index (χ1n) is 7.50. The number of thioether (sulfide) groups is 1. The van der Waals surface area contributed by atoms with Crippen LogP contribution in [0.2, 0.25) is 5.15 Å². The summed E-state index contributed by atoms with van der Waals surface area (Å²) >= 11 is 9.23. The lowest BCUT2D eigenvalue weighted by atomic mass is 10.2. The molecule has 2 aromatic heterocycles. The van der Waals surface area contributed by atoms with E-state index in [4.69, 9.17) is 16.3 Å². The van der Waals surface area contributed by atoms with Gasteiger partial charge in [-0.15, -0.1) is 11.3 Å². The van der Waals surface area contributed by atoms with Crippen molar-refractivity contribution in [1.82, 2.24) is 14.9 Å². The lowest BCUT2D eigenvalue weighted by molar-refractivity contribution is 0.0605. The molecule has 1 aliphatic rings. The number of rotatable bonds is 5. The molecule has 1 fully saturated rings. The summed E-state index contributed by atoms with van der Waals surface area (Å²) in [5, 5.41) is 1.82. The molecule has 0 atom stereocenters. The summed E-state index contributed by atoms with van der Waals surface area (Å²) in [6, 6.07) is 0. The minimum atomic E-state index is -0.357. The molecule has 0 unspecified atom stereocenters. The third kappa shape index (κ3) is 3.63. The zero-order chi connectivity index (χ0) is 16.4. The van der Waals surface area contributed by atoms with Crippen molar-refractivity contribution in [2.45, 2.75) is 24.9 Å². The molecule has 0 spiro atoms. The normalized spacial score (nSPS) is 15.4. The van der Waals surface area contributed by atoms with Gasteiger partial charge in [-0.1, -0.05) is 23.4 Å². The van der Waals surface area contributed by atoms with Gasteiger partial charge in [-0.25, -0.2) is 14.8 Å². The van der Waals surface area contributed by atoms with Gasteiger partial charge in [-0.05, 0) is 38.4 Å². The van der Waals surface area contributed by atoms with E-state index in [2.05, 4.69) is 14.9 Å². The molecule has 0 bridgehead atoms. The van der Waals surface area contributed by atoms with E-state index >= 15 is 0 Å². The maximum Gasteiger partial charge on any atom is 0.348 e. The number of fused-ring (bicyclic) bond motifs is 1. The van der Waals surface area contributed by atoms with Crippen LogP contribution in [0.1, 0.15) is 28.1 Å². The molecule has 1 aliphatic heterocycles. The quantitative estimate of drug-likeness (QED) is 0.346. The number of ether oxygens (including phenoxy) is 1. The third-order valence-electron chi connectivity index (χ3n) is 3.93. The SMILES string of the molecule is COC(=O)c1sc2nc(SCCN3CCCC3)nc(Cl)c2c1C. The van der Waals surface area contributed by atoms with Gasteiger partial charge in [0.15, 0.2) is 5.16 Å². The van der Waals surface area contributed by atoms with E-state index in [1.165, 1.54) is 44.4 Å². The summed E-state index contributed by atoms with van der Waals surface area (Å²) in [6.07, 6.45) is 2.59. The van der Waals surface area contributed by atoms with Crippen LogP contribution in [-0.2, 0) is 4.74 Å². The number of hydrogen-bond acceptors (Lipinski definition) is 7. The van der Waals surface area contributed by atoms with Crippen molar-refractivity contribution in [3.63, 3.8) is 0 Å². The summed E-state index contributed by atoms with van der Waals surface area (Å²) < 4.78 is 4.81. The second-order valence-electron chi connectivity index (χ2n) is 5.42. The van der Waals surface area contributed by atoms with Gasteiger partial charge in [-0.2, -0.15) is 0 Å². The zero-order valence-electron chi connectivity index (χ0n) is 13.1. The second-order valence-corrected chi connectivity index (χ2v) is 7.84. The Hall–Kier alpha value is -0.890. The van der Waals surface area contributed by atoms with E-state index < -0.39 is 0 Å². The average Bonchev–Trinajstić information content (AvgIpc) is 3.15. The van der Waals surface area contributed by atoms with Crippen molar-refractivity contribution in [2.75, 3.05) is 32.5 Å². The number of carbonyl (C=O) groups excluding carboxylic acids is 1. The number of carbonyl (C=O) groups is 1. The second kappa shape index (κ2) is 7.34. The third-order valence-corrected chi connectivity index (χ3v) is 6.20. The fraction of sp³-hybridized carbons (Fsp3) is 0.533. The van der Waals surface area contributed by atoms with Crippen LogP contribution in [0.5, 0.6) is 0 Å². The van der Waals surface area contributed by atoms with Crippen LogP contribution in [0.25, 0.3) is 10.2 Å². The maximum absolute atomic E-state index is 11.8. The first kappa shape index (κ1) is 17.0. The fourth-order valence-electron chi connectivity index (χ4n) is 2.70. The molecule has 0 amide bonds. The van der Waals surface area contributed by atoms with Crippen molar-refractivity contribution in [1.29, 1.82) is 0 Å². The summed E-state index contributed by atoms with van der Waals surface area (Å²) in [5.41, 5.74) is 0.787. The van der Waals surface area contributed by atoms with Gasteiger partial charge in [0.1, 0.15) is 14.9 Å². The van der Waals surface area contributed by atoms with Crippen molar-refractivity contribution in [3.05, 3.63) is 15.6 Å². The monoisotopic (exact) mass is 371 g/mol. The first-order chi connectivity index (χ1) is 11.1. The molecule has 23 heavy (non-hydrogen) atoms. The number of aromatic nitrogens is 2. The Morgan fingerprint density at radius 2 is 2.13 bits per heavy atom. The van der Waals surface area contributed by atoms with Crippen LogP contribution in [0.15, 0.2) is 5.16 Å². The van der Waals surface area contributed by atoms with Crippen LogP contribution < -0.4 is 0 Å². The summed E-state index contributed by atoms with van der Waals surface area (Å²) in [7, 11) is 1.37. The Morgan fingerprint density at radius 1 is 1.39 bits per heavy atom. The summed E-state index contributed by atoms with van der Waals surface area (Å²) in [4.78, 5) is 24.5. The van der Waals surface area contributed by atoms with Gasteiger partial charge in [0.05, 0.1) is 12.5 Å². The molecule has 5 nitrogen and oxygen atoms in total. The van der Waals surface area contributed by atoms with Gasteiger partial charge >= 0.3 is 5.97 Å². The number of hydrogen-bond donors (Lipinski definition) is 0. The highest BCUT2D eigenvalue weighted by Crippen LogP contribution is 2.35. The van der Waals surface area contributed by atoms with E-state index in [9.17, 15) is 4.79 Å². The number of methoxy groups -OCH3 is 1. The molecule has 0 saturated carbocycles. The largest absolute Gasteiger partial charge is 0.465 e. The van der Waals surface area contributed by atoms with Gasteiger partial charge in [0, 0.05) is 12.3 Å². The molecule has 124 valence electrons. The molecular weight excluding hydrogens is 354 g/mol. The Bertz CT molecular complexity index is 729. The number of aryl methyl sites for hydroxylation is 1. The number of likely N-dealkylation sites (tertiary alicyclic amines) is 1. The maximum atomic E-state index is 11.8. The Labute approximate surface area is 148 Å². The Kier molecular flexibility index (Phi) is 5.41. The molecule has 8 heteroatoms. The van der Waals surface area contributed by atoms with E-state index in [1.54, 1.807) is 11.8 Å². The lowest BCUT2D eigenvalue weighted by Crippen LogP contribution is -2.21. The predicted octanol–water partition coefficient (Wildman–Crippen LogP) is 3.63. The average molecular weight is 372 g/mol. The summed E-state index contributed by atoms with van der Waals surface area (Å²) in [5.74, 6) is 0.584. The minimum Gasteiger partial charge on any atom is -0.465 e. The highest BCUT2D eigenvalue weighted by Gasteiger charge is 2.20. The first-order valence-corrected chi connectivity index (χ1v) is 9.68. The van der Waals surface area contributed by atoms with Crippen molar-refractivity contribution in [3.8, 4) is 0 Å². The van der Waals surface area contributed by atoms with Gasteiger partial charge < -0.3 is 9.64 Å². The number of esters is 1. The van der Waals surface area contributed by atoms with Gasteiger partial charge in [-0.3, -0.25) is 0 Å². The standard InChI is InChI=1S/C15H18ClN3O2S2/c1-9-10-12(16)17-15(22-8-7-19-5-3-4-6-19)18-13(10)23-11(9)14(20)21-2/h3-8H2,1-2H3. The number of nitrogens with zero attached hydrogens (tertiary/aromatic N) is 3. The van der Waals surface area contributed by atoms with Crippen LogP contribution in [-0.4, -0.2) is 53.3 Å². The van der Waals surface area contributed by atoms with E-state index in [0.717, 1.165) is 28.1 Å². The van der Waals surface area contributed by atoms with Crippen LogP contribution in [0, 0.1) is 6.92 Å². The smallest absolute Gasteiger partial charge is 0.348 e. The minimum absolute atomic E-state index is 0.357. The lowest BCUT2D eigenvalue weighted by Gasteiger charge is -2.13. The van der Waals surface area contributed by atoms with E-state index in [0.29, 0.717) is 15.2 Å². The molecule has 1 saturated heterocycles. The molecule has 3 rings (SSSR count). The highest BCUT2D eigenvalue weighted by molar-refractivity contribution is 7.99. The molecular formula is C15H18ClN3O2S2. The van der Waals surface area contributed by atoms with E-state index in [-0.39, 0.29) is 5.97 Å². The molecule has 0 aliphatic carbocycles. The van der Waals surface area contributed by atoms with Crippen molar-refractivity contribution in [2.24, 2.45) is 0 Å². The van der Waals surface area contributed by atoms with Crippen LogP contribution in [0.4, 0.5) is 0 Å². The van der Waals surface area contributed by atoms with Gasteiger partial charge in [0.2, 0.25) is 0 Å². The summed E-state index contributed by atoms with van der Waals surface area (Å²) in [6.45, 7) is 5.27.